The van der Waals surface area contributed by atoms with E-state index in [0.29, 0.717) is 28.5 Å². The molecule has 3 aromatic rings. The maximum atomic E-state index is 14.2. The Morgan fingerprint density at radius 3 is 2.96 bits per heavy atom. The molecule has 3 N–H and O–H groups in total. The second-order valence-corrected chi connectivity index (χ2v) is 6.87. The number of nitrogens with zero attached hydrogens (tertiary/aromatic N) is 1. The van der Waals surface area contributed by atoms with E-state index in [0.717, 1.165) is 30.3 Å². The first-order valence-electron chi connectivity index (χ1n) is 8.57. The number of hydrogen-bond acceptors (Lipinski definition) is 3. The monoisotopic (exact) mass is 372 g/mol. The summed E-state index contributed by atoms with van der Waals surface area (Å²) in [6.45, 7) is 1.62. The molecular weight excluding hydrogens is 355 g/mol. The molecule has 0 aliphatic carbocycles. The van der Waals surface area contributed by atoms with E-state index in [1.807, 2.05) is 0 Å². The van der Waals surface area contributed by atoms with Crippen LogP contribution in [-0.2, 0) is 4.79 Å². The lowest BCUT2D eigenvalue weighted by Gasteiger charge is -2.21. The summed E-state index contributed by atoms with van der Waals surface area (Å²) in [5.74, 6) is -0.0660. The largest absolute Gasteiger partial charge is 0.316 e. The highest BCUT2D eigenvalue weighted by molar-refractivity contribution is 6.33. The molecule has 4 rings (SSSR count). The number of fused-ring (bicyclic) bond motifs is 1. The van der Waals surface area contributed by atoms with Gasteiger partial charge in [-0.1, -0.05) is 23.7 Å². The second-order valence-electron chi connectivity index (χ2n) is 6.46. The van der Waals surface area contributed by atoms with Crippen LogP contribution in [-0.4, -0.2) is 29.2 Å². The number of aromatic nitrogens is 2. The minimum absolute atomic E-state index is 0.0556. The third kappa shape index (κ3) is 3.18. The number of halogens is 2. The van der Waals surface area contributed by atoms with Crippen LogP contribution in [0.4, 0.5) is 10.2 Å². The summed E-state index contributed by atoms with van der Waals surface area (Å²) in [6.07, 6.45) is 1.84. The maximum absolute atomic E-state index is 14.2. The molecule has 0 unspecified atom stereocenters. The average molecular weight is 373 g/mol. The number of H-pyrrole nitrogens is 1. The van der Waals surface area contributed by atoms with E-state index in [1.54, 1.807) is 30.3 Å². The Labute approximate surface area is 154 Å². The van der Waals surface area contributed by atoms with Gasteiger partial charge in [0.25, 0.3) is 0 Å². The van der Waals surface area contributed by atoms with Crippen LogP contribution in [0.1, 0.15) is 12.8 Å². The summed E-state index contributed by atoms with van der Waals surface area (Å²) in [6, 6.07) is 9.97. The Hall–Kier alpha value is -2.44. The van der Waals surface area contributed by atoms with Crippen molar-refractivity contribution in [3.05, 3.63) is 47.2 Å². The van der Waals surface area contributed by atoms with Gasteiger partial charge in [0.1, 0.15) is 5.82 Å². The topological polar surface area (TPSA) is 69.8 Å². The van der Waals surface area contributed by atoms with Crippen LogP contribution in [0, 0.1) is 11.7 Å². The highest BCUT2D eigenvalue weighted by Crippen LogP contribution is 2.33. The number of carbonyl (C=O) groups is 1. The lowest BCUT2D eigenvalue weighted by molar-refractivity contribution is -0.120. The Balaban J connectivity index is 1.68. The quantitative estimate of drug-likeness (QED) is 0.651. The van der Waals surface area contributed by atoms with E-state index < -0.39 is 0 Å². The number of rotatable bonds is 3. The molecule has 2 aromatic carbocycles. The number of piperidine rings is 1. The molecule has 1 aliphatic heterocycles. The predicted molar refractivity (Wildman–Crippen MR) is 101 cm³/mol. The molecule has 1 saturated heterocycles. The molecule has 1 atom stereocenters. The maximum Gasteiger partial charge on any atom is 0.229 e. The first kappa shape index (κ1) is 17.0. The van der Waals surface area contributed by atoms with Crippen molar-refractivity contribution in [3.63, 3.8) is 0 Å². The Morgan fingerprint density at radius 2 is 2.19 bits per heavy atom. The lowest BCUT2D eigenvalue weighted by atomic mass is 9.99. The first-order valence-corrected chi connectivity index (χ1v) is 8.95. The number of nitrogens with one attached hydrogen (secondary N) is 3. The predicted octanol–water partition coefficient (Wildman–Crippen LogP) is 3.96. The lowest BCUT2D eigenvalue weighted by Crippen LogP contribution is -2.37. The average Bonchev–Trinajstić information content (AvgIpc) is 3.04. The molecule has 5 nitrogen and oxygen atoms in total. The normalized spacial score (nSPS) is 17.4. The number of anilines is 1. The fraction of sp³-hybridized carbons (Fsp3) is 0.263. The van der Waals surface area contributed by atoms with Gasteiger partial charge in [-0.15, -0.1) is 0 Å². The van der Waals surface area contributed by atoms with E-state index in [4.69, 9.17) is 11.6 Å². The van der Waals surface area contributed by atoms with Crippen molar-refractivity contribution in [2.45, 2.75) is 12.8 Å². The van der Waals surface area contributed by atoms with Gasteiger partial charge in [0, 0.05) is 17.5 Å². The van der Waals surface area contributed by atoms with Crippen molar-refractivity contribution in [1.82, 2.24) is 15.5 Å². The van der Waals surface area contributed by atoms with Crippen molar-refractivity contribution in [1.29, 1.82) is 0 Å². The van der Waals surface area contributed by atoms with Crippen molar-refractivity contribution < 1.29 is 9.18 Å². The molecular formula is C19H18ClFN4O. The van der Waals surface area contributed by atoms with E-state index in [-0.39, 0.29) is 17.6 Å². The molecule has 0 radical (unpaired) electrons. The van der Waals surface area contributed by atoms with Gasteiger partial charge < -0.3 is 10.6 Å². The molecule has 7 heteroatoms. The second kappa shape index (κ2) is 7.05. The smallest absolute Gasteiger partial charge is 0.229 e. The molecule has 134 valence electrons. The number of aromatic amines is 1. The Morgan fingerprint density at radius 1 is 1.31 bits per heavy atom. The van der Waals surface area contributed by atoms with Crippen LogP contribution >= 0.6 is 11.6 Å². The van der Waals surface area contributed by atoms with Gasteiger partial charge in [0.15, 0.2) is 5.82 Å². The van der Waals surface area contributed by atoms with Gasteiger partial charge in [-0.25, -0.2) is 4.39 Å². The van der Waals surface area contributed by atoms with Crippen molar-refractivity contribution in [2.24, 2.45) is 5.92 Å². The fourth-order valence-electron chi connectivity index (χ4n) is 3.33. The van der Waals surface area contributed by atoms with Crippen LogP contribution in [0.15, 0.2) is 36.4 Å². The molecule has 1 aromatic heterocycles. The van der Waals surface area contributed by atoms with E-state index in [1.165, 1.54) is 6.07 Å². The number of hydrogen-bond donors (Lipinski definition) is 3. The molecule has 0 bridgehead atoms. The van der Waals surface area contributed by atoms with Crippen molar-refractivity contribution in [3.8, 4) is 11.1 Å². The van der Waals surface area contributed by atoms with E-state index in [9.17, 15) is 9.18 Å². The molecule has 1 fully saturated rings. The minimum atomic E-state index is -0.390. The molecule has 2 heterocycles. The SMILES string of the molecule is O=C(Nc1n[nH]c2ccc(-c3c(F)cccc3Cl)cc12)[C@@H]1CCCNC1. The summed E-state index contributed by atoms with van der Waals surface area (Å²) in [5.41, 5.74) is 1.74. The molecule has 0 saturated carbocycles. The molecule has 1 aliphatic rings. The highest BCUT2D eigenvalue weighted by atomic mass is 35.5. The zero-order valence-corrected chi connectivity index (χ0v) is 14.7. The van der Waals surface area contributed by atoms with E-state index >= 15 is 0 Å². The molecule has 1 amide bonds. The number of benzene rings is 2. The van der Waals surface area contributed by atoms with Crippen LogP contribution in [0.5, 0.6) is 0 Å². The summed E-state index contributed by atoms with van der Waals surface area (Å²) in [7, 11) is 0. The highest BCUT2D eigenvalue weighted by Gasteiger charge is 2.22. The Kier molecular flexibility index (Phi) is 4.61. The summed E-state index contributed by atoms with van der Waals surface area (Å²) >= 11 is 6.17. The molecule has 26 heavy (non-hydrogen) atoms. The molecule has 0 spiro atoms. The summed E-state index contributed by atoms with van der Waals surface area (Å²) < 4.78 is 14.2. The van der Waals surface area contributed by atoms with Crippen LogP contribution in [0.2, 0.25) is 5.02 Å². The Bertz CT molecular complexity index is 945. The van der Waals surface area contributed by atoms with Gasteiger partial charge in [-0.3, -0.25) is 9.89 Å². The first-order chi connectivity index (χ1) is 12.6. The van der Waals surface area contributed by atoms with Gasteiger partial charge in [-0.05, 0) is 49.2 Å². The third-order valence-electron chi connectivity index (χ3n) is 4.72. The van der Waals surface area contributed by atoms with Gasteiger partial charge >= 0.3 is 0 Å². The minimum Gasteiger partial charge on any atom is -0.316 e. The van der Waals surface area contributed by atoms with E-state index in [2.05, 4.69) is 20.8 Å². The third-order valence-corrected chi connectivity index (χ3v) is 5.04. The standard InChI is InChI=1S/C19H18ClFN4O/c20-14-4-1-5-15(21)17(14)11-6-7-16-13(9-11)18(25-24-16)23-19(26)12-3-2-8-22-10-12/h1,4-7,9,12,22H,2-3,8,10H2,(H2,23,24,25,26)/t12-/m1/s1. The van der Waals surface area contributed by atoms with Crippen LogP contribution < -0.4 is 10.6 Å². The van der Waals surface area contributed by atoms with Crippen LogP contribution in [0.25, 0.3) is 22.0 Å². The fourth-order valence-corrected chi connectivity index (χ4v) is 3.60. The summed E-state index contributed by atoms with van der Waals surface area (Å²) in [4.78, 5) is 12.5. The van der Waals surface area contributed by atoms with Crippen molar-refractivity contribution >= 4 is 34.2 Å². The van der Waals surface area contributed by atoms with Crippen molar-refractivity contribution in [2.75, 3.05) is 18.4 Å². The van der Waals surface area contributed by atoms with Gasteiger partial charge in [0.05, 0.1) is 16.5 Å². The zero-order valence-electron chi connectivity index (χ0n) is 14.0. The number of amides is 1. The van der Waals surface area contributed by atoms with Gasteiger partial charge in [0.2, 0.25) is 5.91 Å². The summed E-state index contributed by atoms with van der Waals surface area (Å²) in [5, 5.41) is 14.3. The van der Waals surface area contributed by atoms with Crippen LogP contribution in [0.3, 0.4) is 0 Å². The van der Waals surface area contributed by atoms with Gasteiger partial charge in [-0.2, -0.15) is 5.10 Å². The number of carbonyl (C=O) groups excluding carboxylic acids is 1. The zero-order chi connectivity index (χ0) is 18.1.